The molecule has 2 rings (SSSR count). The van der Waals surface area contributed by atoms with Gasteiger partial charge in [0.2, 0.25) is 5.91 Å². The number of nitriles is 1. The molecule has 1 unspecified atom stereocenters. The van der Waals surface area contributed by atoms with Gasteiger partial charge < -0.3 is 10.3 Å². The van der Waals surface area contributed by atoms with E-state index in [4.69, 9.17) is 11.0 Å². The second kappa shape index (κ2) is 4.14. The molecular weight excluding hydrogens is 228 g/mol. The van der Waals surface area contributed by atoms with E-state index in [2.05, 4.69) is 6.07 Å². The van der Waals surface area contributed by atoms with Crippen molar-refractivity contribution in [1.82, 2.24) is 4.57 Å². The maximum absolute atomic E-state index is 11.9. The molecule has 1 saturated heterocycles. The van der Waals surface area contributed by atoms with Crippen LogP contribution in [-0.2, 0) is 10.3 Å². The average Bonchev–Trinajstić information content (AvgIpc) is 2.80. The van der Waals surface area contributed by atoms with Gasteiger partial charge in [-0.05, 0) is 26.8 Å². The molecule has 5 heteroatoms. The van der Waals surface area contributed by atoms with E-state index >= 15 is 0 Å². The number of carbonyl (C=O) groups excluding carboxylic acids is 1. The molecule has 0 spiro atoms. The summed E-state index contributed by atoms with van der Waals surface area (Å²) >= 11 is 0. The Hall–Kier alpha value is -1.80. The van der Waals surface area contributed by atoms with Gasteiger partial charge in [-0.1, -0.05) is 0 Å². The first-order valence-electron chi connectivity index (χ1n) is 6.02. The van der Waals surface area contributed by atoms with Gasteiger partial charge in [-0.3, -0.25) is 9.69 Å². The third-order valence-corrected chi connectivity index (χ3v) is 3.08. The molecule has 0 bridgehead atoms. The molecule has 96 valence electrons. The molecule has 1 aliphatic rings. The summed E-state index contributed by atoms with van der Waals surface area (Å²) in [7, 11) is 0. The van der Waals surface area contributed by atoms with Gasteiger partial charge in [0.15, 0.2) is 0 Å². The van der Waals surface area contributed by atoms with Gasteiger partial charge in [0.25, 0.3) is 0 Å². The molecule has 2 heterocycles. The second-order valence-corrected chi connectivity index (χ2v) is 5.71. The van der Waals surface area contributed by atoms with Gasteiger partial charge in [-0.2, -0.15) is 5.26 Å². The van der Waals surface area contributed by atoms with Crippen LogP contribution in [0, 0.1) is 11.3 Å². The molecule has 2 N–H and O–H groups in total. The van der Waals surface area contributed by atoms with Crippen molar-refractivity contribution in [3.05, 3.63) is 17.8 Å². The maximum atomic E-state index is 11.9. The summed E-state index contributed by atoms with van der Waals surface area (Å²) in [6.07, 6.45) is 2.16. The smallest absolute Gasteiger partial charge is 0.229 e. The van der Waals surface area contributed by atoms with E-state index in [9.17, 15) is 4.79 Å². The number of nitrogens with zero attached hydrogens (tertiary/aromatic N) is 3. The molecule has 1 atom stereocenters. The van der Waals surface area contributed by atoms with Gasteiger partial charge >= 0.3 is 0 Å². The van der Waals surface area contributed by atoms with E-state index < -0.39 is 0 Å². The predicted octanol–water partition coefficient (Wildman–Crippen LogP) is 1.18. The lowest BCUT2D eigenvalue weighted by molar-refractivity contribution is -0.117. The zero-order valence-electron chi connectivity index (χ0n) is 11.0. The Morgan fingerprint density at radius 2 is 2.17 bits per heavy atom. The first-order chi connectivity index (χ1) is 8.32. The lowest BCUT2D eigenvalue weighted by Crippen LogP contribution is -2.33. The molecule has 1 aromatic rings. The molecule has 1 fully saturated rings. The third-order valence-electron chi connectivity index (χ3n) is 3.08. The van der Waals surface area contributed by atoms with Crippen molar-refractivity contribution < 1.29 is 4.79 Å². The molecule has 1 aromatic heterocycles. The van der Waals surface area contributed by atoms with Crippen LogP contribution in [0.15, 0.2) is 12.3 Å². The van der Waals surface area contributed by atoms with Gasteiger partial charge in [-0.25, -0.2) is 0 Å². The molecular formula is C13H18N4O. The van der Waals surface area contributed by atoms with Gasteiger partial charge in [0.05, 0.1) is 5.56 Å². The van der Waals surface area contributed by atoms with Crippen molar-refractivity contribution in [3.63, 3.8) is 0 Å². The highest BCUT2D eigenvalue weighted by molar-refractivity contribution is 5.95. The van der Waals surface area contributed by atoms with Crippen LogP contribution in [0.25, 0.3) is 0 Å². The number of carbonyl (C=O) groups is 1. The number of rotatable bonds is 1. The monoisotopic (exact) mass is 246 g/mol. The van der Waals surface area contributed by atoms with Crippen LogP contribution < -0.4 is 10.6 Å². The quantitative estimate of drug-likeness (QED) is 0.808. The second-order valence-electron chi connectivity index (χ2n) is 5.71. The summed E-state index contributed by atoms with van der Waals surface area (Å²) < 4.78 is 1.96. The normalized spacial score (nSPS) is 20.3. The molecule has 0 aliphatic carbocycles. The lowest BCUT2D eigenvalue weighted by atomic mass is 10.1. The summed E-state index contributed by atoms with van der Waals surface area (Å²) in [6.45, 7) is 6.64. The maximum Gasteiger partial charge on any atom is 0.229 e. The predicted molar refractivity (Wildman–Crippen MR) is 69.1 cm³/mol. The lowest BCUT2D eigenvalue weighted by Gasteiger charge is -2.28. The number of hydrogen-bond donors (Lipinski definition) is 1. The molecule has 18 heavy (non-hydrogen) atoms. The molecule has 0 radical (unpaired) electrons. The van der Waals surface area contributed by atoms with E-state index in [1.54, 1.807) is 17.2 Å². The SMILES string of the molecule is CC(C)(C)n1cc(C#N)cc1N1CC(N)CC1=O. The summed E-state index contributed by atoms with van der Waals surface area (Å²) in [5, 5.41) is 9.01. The molecule has 1 aliphatic heterocycles. The fraction of sp³-hybridized carbons (Fsp3) is 0.538. The number of nitrogens with two attached hydrogens (primary N) is 1. The van der Waals surface area contributed by atoms with Crippen molar-refractivity contribution in [3.8, 4) is 6.07 Å². The van der Waals surface area contributed by atoms with Crippen molar-refractivity contribution in [2.45, 2.75) is 38.8 Å². The van der Waals surface area contributed by atoms with Crippen LogP contribution in [0.4, 0.5) is 5.82 Å². The van der Waals surface area contributed by atoms with Gasteiger partial charge in [-0.15, -0.1) is 0 Å². The van der Waals surface area contributed by atoms with E-state index in [-0.39, 0.29) is 17.5 Å². The van der Waals surface area contributed by atoms with Crippen molar-refractivity contribution in [1.29, 1.82) is 5.26 Å². The minimum absolute atomic E-state index is 0.0237. The molecule has 5 nitrogen and oxygen atoms in total. The largest absolute Gasteiger partial charge is 0.328 e. The van der Waals surface area contributed by atoms with Gasteiger partial charge in [0.1, 0.15) is 11.9 Å². The minimum Gasteiger partial charge on any atom is -0.328 e. The fourth-order valence-corrected chi connectivity index (χ4v) is 2.21. The first-order valence-corrected chi connectivity index (χ1v) is 6.02. The van der Waals surface area contributed by atoms with Crippen LogP contribution in [0.2, 0.25) is 0 Å². The minimum atomic E-state index is -0.183. The zero-order valence-corrected chi connectivity index (χ0v) is 11.0. The Morgan fingerprint density at radius 3 is 2.61 bits per heavy atom. The zero-order chi connectivity index (χ0) is 13.5. The summed E-state index contributed by atoms with van der Waals surface area (Å²) in [4.78, 5) is 13.6. The Bertz CT molecular complexity index is 518. The highest BCUT2D eigenvalue weighted by atomic mass is 16.2. The van der Waals surface area contributed by atoms with Crippen LogP contribution >= 0.6 is 0 Å². The van der Waals surface area contributed by atoms with E-state index in [1.165, 1.54) is 0 Å². The van der Waals surface area contributed by atoms with E-state index in [1.807, 2.05) is 25.3 Å². The highest BCUT2D eigenvalue weighted by Gasteiger charge is 2.32. The van der Waals surface area contributed by atoms with Crippen LogP contribution in [0.5, 0.6) is 0 Å². The Morgan fingerprint density at radius 1 is 1.50 bits per heavy atom. The average molecular weight is 246 g/mol. The Labute approximate surface area is 107 Å². The van der Waals surface area contributed by atoms with E-state index in [0.29, 0.717) is 18.5 Å². The third kappa shape index (κ3) is 2.12. The number of amides is 1. The van der Waals surface area contributed by atoms with Gasteiger partial charge in [0, 0.05) is 30.7 Å². The summed E-state index contributed by atoms with van der Waals surface area (Å²) in [6, 6.07) is 3.75. The molecule has 1 amide bonds. The summed E-state index contributed by atoms with van der Waals surface area (Å²) in [5.74, 6) is 0.785. The number of anilines is 1. The van der Waals surface area contributed by atoms with Crippen molar-refractivity contribution >= 4 is 11.7 Å². The highest BCUT2D eigenvalue weighted by Crippen LogP contribution is 2.29. The Kier molecular flexibility index (Phi) is 2.91. The number of aromatic nitrogens is 1. The summed E-state index contributed by atoms with van der Waals surface area (Å²) in [5.41, 5.74) is 6.19. The number of hydrogen-bond acceptors (Lipinski definition) is 3. The van der Waals surface area contributed by atoms with Crippen LogP contribution in [0.3, 0.4) is 0 Å². The van der Waals surface area contributed by atoms with Crippen LogP contribution in [-0.4, -0.2) is 23.1 Å². The fourth-order valence-electron chi connectivity index (χ4n) is 2.21. The standard InChI is InChI=1S/C13H18N4O/c1-13(2,3)17-7-9(6-14)4-11(17)16-8-10(15)5-12(16)18/h4,7,10H,5,8,15H2,1-3H3. The first kappa shape index (κ1) is 12.7. The Balaban J connectivity index is 2.47. The van der Waals surface area contributed by atoms with Crippen molar-refractivity contribution in [2.75, 3.05) is 11.4 Å². The van der Waals surface area contributed by atoms with Crippen LogP contribution in [0.1, 0.15) is 32.8 Å². The van der Waals surface area contributed by atoms with Crippen molar-refractivity contribution in [2.24, 2.45) is 5.73 Å². The topological polar surface area (TPSA) is 75.1 Å². The van der Waals surface area contributed by atoms with E-state index in [0.717, 1.165) is 5.82 Å². The molecule has 0 saturated carbocycles. The molecule has 0 aromatic carbocycles.